The first-order valence-electron chi connectivity index (χ1n) is 6.57. The van der Waals surface area contributed by atoms with Gasteiger partial charge in [-0.2, -0.15) is 0 Å². The van der Waals surface area contributed by atoms with Crippen LogP contribution in [0.4, 0.5) is 0 Å². The molecule has 1 N–H and O–H groups in total. The van der Waals surface area contributed by atoms with Crippen molar-refractivity contribution in [3.05, 3.63) is 47.5 Å². The van der Waals surface area contributed by atoms with Crippen LogP contribution < -0.4 is 0 Å². The van der Waals surface area contributed by atoms with Crippen molar-refractivity contribution in [1.29, 1.82) is 0 Å². The molecule has 3 rings (SSSR count). The Labute approximate surface area is 103 Å². The summed E-state index contributed by atoms with van der Waals surface area (Å²) in [5, 5.41) is 11.0. The summed E-state index contributed by atoms with van der Waals surface area (Å²) in [4.78, 5) is 0. The standard InChI is InChI=1S/C16H20O/c1-11(2)16(17)14-7-8-15(16)10-13-6-4-3-5-12(13)9-14/h3-6,14-15,17H,1,7-10H2,2H3. The highest BCUT2D eigenvalue weighted by molar-refractivity contribution is 5.34. The number of fused-ring (bicyclic) bond motifs is 3. The Morgan fingerprint density at radius 2 is 1.65 bits per heavy atom. The lowest BCUT2D eigenvalue weighted by Crippen LogP contribution is -2.41. The Bertz CT molecular complexity index is 427. The van der Waals surface area contributed by atoms with Gasteiger partial charge >= 0.3 is 0 Å². The topological polar surface area (TPSA) is 20.2 Å². The molecule has 2 bridgehead atoms. The molecule has 1 nitrogen and oxygen atoms in total. The summed E-state index contributed by atoms with van der Waals surface area (Å²) in [7, 11) is 0. The van der Waals surface area contributed by atoms with Crippen LogP contribution in [0.25, 0.3) is 0 Å². The van der Waals surface area contributed by atoms with Gasteiger partial charge in [0.1, 0.15) is 0 Å². The molecule has 0 aliphatic heterocycles. The van der Waals surface area contributed by atoms with Gasteiger partial charge in [-0.05, 0) is 61.1 Å². The van der Waals surface area contributed by atoms with Gasteiger partial charge in [0.25, 0.3) is 0 Å². The Balaban J connectivity index is 2.06. The second kappa shape index (κ2) is 3.71. The van der Waals surface area contributed by atoms with Crippen LogP contribution in [-0.2, 0) is 12.8 Å². The molecule has 0 amide bonds. The maximum atomic E-state index is 11.0. The fraction of sp³-hybridized carbons (Fsp3) is 0.500. The zero-order valence-corrected chi connectivity index (χ0v) is 10.4. The van der Waals surface area contributed by atoms with Gasteiger partial charge in [-0.3, -0.25) is 0 Å². The minimum Gasteiger partial charge on any atom is -0.385 e. The fourth-order valence-electron chi connectivity index (χ4n) is 3.87. The van der Waals surface area contributed by atoms with Crippen molar-refractivity contribution in [3.8, 4) is 0 Å². The summed E-state index contributed by atoms with van der Waals surface area (Å²) < 4.78 is 0. The van der Waals surface area contributed by atoms with Gasteiger partial charge in [-0.25, -0.2) is 0 Å². The Morgan fingerprint density at radius 3 is 2.06 bits per heavy atom. The predicted octanol–water partition coefficient (Wildman–Crippen LogP) is 3.12. The SMILES string of the molecule is C=C(C)C1(O)C2CCC1Cc1ccccc1C2. The van der Waals surface area contributed by atoms with Gasteiger partial charge in [-0.1, -0.05) is 30.8 Å². The molecule has 1 aromatic carbocycles. The van der Waals surface area contributed by atoms with E-state index < -0.39 is 5.60 Å². The smallest absolute Gasteiger partial charge is 0.0913 e. The van der Waals surface area contributed by atoms with Crippen molar-refractivity contribution < 1.29 is 5.11 Å². The lowest BCUT2D eigenvalue weighted by Gasteiger charge is -2.34. The van der Waals surface area contributed by atoms with Crippen LogP contribution in [0.5, 0.6) is 0 Å². The third-order valence-electron chi connectivity index (χ3n) is 4.84. The van der Waals surface area contributed by atoms with Gasteiger partial charge in [0.2, 0.25) is 0 Å². The maximum Gasteiger partial charge on any atom is 0.0913 e. The average Bonchev–Trinajstić information content (AvgIpc) is 2.53. The fourth-order valence-corrected chi connectivity index (χ4v) is 3.87. The number of hydrogen-bond acceptors (Lipinski definition) is 1. The first-order chi connectivity index (χ1) is 8.12. The molecular weight excluding hydrogens is 208 g/mol. The van der Waals surface area contributed by atoms with Crippen molar-refractivity contribution in [2.24, 2.45) is 11.8 Å². The van der Waals surface area contributed by atoms with E-state index in [1.54, 1.807) is 0 Å². The maximum absolute atomic E-state index is 11.0. The van der Waals surface area contributed by atoms with Crippen molar-refractivity contribution >= 4 is 0 Å². The molecular formula is C16H20O. The van der Waals surface area contributed by atoms with E-state index in [0.717, 1.165) is 31.3 Å². The largest absolute Gasteiger partial charge is 0.385 e. The van der Waals surface area contributed by atoms with Crippen LogP contribution in [0.1, 0.15) is 30.9 Å². The second-order valence-corrected chi connectivity index (χ2v) is 5.75. The minimum atomic E-state index is -0.626. The molecule has 0 heterocycles. The van der Waals surface area contributed by atoms with Crippen molar-refractivity contribution in [1.82, 2.24) is 0 Å². The predicted molar refractivity (Wildman–Crippen MR) is 69.8 cm³/mol. The summed E-state index contributed by atoms with van der Waals surface area (Å²) in [5.41, 5.74) is 3.19. The van der Waals surface area contributed by atoms with E-state index in [2.05, 4.69) is 30.8 Å². The van der Waals surface area contributed by atoms with E-state index in [0.29, 0.717) is 11.8 Å². The van der Waals surface area contributed by atoms with E-state index >= 15 is 0 Å². The molecule has 17 heavy (non-hydrogen) atoms. The second-order valence-electron chi connectivity index (χ2n) is 5.75. The number of hydrogen-bond donors (Lipinski definition) is 1. The van der Waals surface area contributed by atoms with Gasteiger partial charge in [0, 0.05) is 0 Å². The molecule has 1 saturated carbocycles. The average molecular weight is 228 g/mol. The van der Waals surface area contributed by atoms with Crippen molar-refractivity contribution in [3.63, 3.8) is 0 Å². The van der Waals surface area contributed by atoms with E-state index in [9.17, 15) is 5.11 Å². The summed E-state index contributed by atoms with van der Waals surface area (Å²) in [6.07, 6.45) is 4.30. The zero-order valence-electron chi connectivity index (χ0n) is 10.4. The van der Waals surface area contributed by atoms with Crippen molar-refractivity contribution in [2.45, 2.75) is 38.2 Å². The highest BCUT2D eigenvalue weighted by Crippen LogP contribution is 2.50. The molecule has 2 atom stereocenters. The first kappa shape index (κ1) is 11.0. The monoisotopic (exact) mass is 228 g/mol. The lowest BCUT2D eigenvalue weighted by atomic mass is 9.78. The van der Waals surface area contributed by atoms with Crippen LogP contribution >= 0.6 is 0 Å². The van der Waals surface area contributed by atoms with Crippen LogP contribution in [-0.4, -0.2) is 10.7 Å². The van der Waals surface area contributed by atoms with Crippen LogP contribution in [0.15, 0.2) is 36.4 Å². The number of benzene rings is 1. The lowest BCUT2D eigenvalue weighted by molar-refractivity contribution is 0.00263. The molecule has 0 radical (unpaired) electrons. The summed E-state index contributed by atoms with van der Waals surface area (Å²) in [5.74, 6) is 0.738. The van der Waals surface area contributed by atoms with Gasteiger partial charge in [-0.15, -0.1) is 0 Å². The van der Waals surface area contributed by atoms with Gasteiger partial charge in [0.05, 0.1) is 5.60 Å². The van der Waals surface area contributed by atoms with Crippen molar-refractivity contribution in [2.75, 3.05) is 0 Å². The first-order valence-corrected chi connectivity index (χ1v) is 6.57. The Kier molecular flexibility index (Phi) is 2.41. The summed E-state index contributed by atoms with van der Waals surface area (Å²) in [6, 6.07) is 8.65. The highest BCUT2D eigenvalue weighted by atomic mass is 16.3. The van der Waals surface area contributed by atoms with Gasteiger partial charge < -0.3 is 5.11 Å². The Morgan fingerprint density at radius 1 is 1.18 bits per heavy atom. The third kappa shape index (κ3) is 1.49. The third-order valence-corrected chi connectivity index (χ3v) is 4.84. The van der Waals surface area contributed by atoms with Gasteiger partial charge in [0.15, 0.2) is 0 Å². The van der Waals surface area contributed by atoms with Crippen LogP contribution in [0.3, 0.4) is 0 Å². The number of aliphatic hydroxyl groups is 1. The molecule has 0 spiro atoms. The molecule has 90 valence electrons. The molecule has 2 aliphatic rings. The Hall–Kier alpha value is -1.08. The molecule has 0 saturated heterocycles. The molecule has 1 aromatic rings. The van der Waals surface area contributed by atoms with E-state index in [-0.39, 0.29) is 0 Å². The summed E-state index contributed by atoms with van der Waals surface area (Å²) in [6.45, 7) is 6.03. The number of rotatable bonds is 1. The minimum absolute atomic E-state index is 0.369. The van der Waals surface area contributed by atoms with E-state index in [1.165, 1.54) is 11.1 Å². The highest BCUT2D eigenvalue weighted by Gasteiger charge is 2.50. The van der Waals surface area contributed by atoms with Crippen LogP contribution in [0, 0.1) is 11.8 Å². The molecule has 2 unspecified atom stereocenters. The molecule has 2 aliphatic carbocycles. The zero-order chi connectivity index (χ0) is 12.0. The van der Waals surface area contributed by atoms with E-state index in [4.69, 9.17) is 0 Å². The molecule has 1 heteroatoms. The summed E-state index contributed by atoms with van der Waals surface area (Å²) >= 11 is 0. The molecule has 1 fully saturated rings. The quantitative estimate of drug-likeness (QED) is 0.732. The normalized spacial score (nSPS) is 35.2. The van der Waals surface area contributed by atoms with Crippen LogP contribution in [0.2, 0.25) is 0 Å². The van der Waals surface area contributed by atoms with E-state index in [1.807, 2.05) is 6.92 Å². The molecule has 0 aromatic heterocycles.